The molecule has 3 rings (SSSR count). The Morgan fingerprint density at radius 3 is 2.30 bits per heavy atom. The Labute approximate surface area is 161 Å². The van der Waals surface area contributed by atoms with Crippen LogP contribution in [0.4, 0.5) is 0 Å². The summed E-state index contributed by atoms with van der Waals surface area (Å²) in [6.45, 7) is 4.92. The Balaban J connectivity index is 1.50. The number of carbonyl (C=O) groups is 2. The number of carbonyl (C=O) groups excluding carboxylic acids is 2. The molecule has 7 heteroatoms. The fourth-order valence-corrected chi connectivity index (χ4v) is 4.44. The van der Waals surface area contributed by atoms with Crippen molar-refractivity contribution in [2.75, 3.05) is 13.1 Å². The summed E-state index contributed by atoms with van der Waals surface area (Å²) in [5, 5.41) is 10.3. The van der Waals surface area contributed by atoms with Crippen LogP contribution in [0.2, 0.25) is 0 Å². The number of hydrogen-bond acceptors (Lipinski definition) is 4. The molecular weight excluding hydrogens is 342 g/mol. The van der Waals surface area contributed by atoms with E-state index in [-0.39, 0.29) is 17.7 Å². The van der Waals surface area contributed by atoms with Crippen LogP contribution in [0.1, 0.15) is 74.4 Å². The molecule has 1 aliphatic carbocycles. The molecule has 1 aliphatic heterocycles. The maximum atomic E-state index is 12.8. The summed E-state index contributed by atoms with van der Waals surface area (Å²) in [4.78, 5) is 27.2. The van der Waals surface area contributed by atoms with Gasteiger partial charge in [0.15, 0.2) is 0 Å². The summed E-state index contributed by atoms with van der Waals surface area (Å²) in [6, 6.07) is -0.361. The minimum absolute atomic E-state index is 0.00549. The van der Waals surface area contributed by atoms with Crippen molar-refractivity contribution in [3.05, 3.63) is 17.0 Å². The van der Waals surface area contributed by atoms with E-state index in [1.165, 1.54) is 25.7 Å². The van der Waals surface area contributed by atoms with Gasteiger partial charge in [-0.05, 0) is 39.5 Å². The first kappa shape index (κ1) is 19.9. The summed E-state index contributed by atoms with van der Waals surface area (Å²) in [5.41, 5.74) is 8.61. The van der Waals surface area contributed by atoms with E-state index in [0.29, 0.717) is 32.0 Å². The summed E-state index contributed by atoms with van der Waals surface area (Å²) in [7, 11) is 0. The average molecular weight is 376 g/mol. The maximum absolute atomic E-state index is 12.8. The lowest BCUT2D eigenvalue weighted by Gasteiger charge is -2.33. The zero-order valence-corrected chi connectivity index (χ0v) is 16.6. The van der Waals surface area contributed by atoms with Gasteiger partial charge < -0.3 is 16.0 Å². The van der Waals surface area contributed by atoms with E-state index in [1.807, 2.05) is 13.8 Å². The van der Waals surface area contributed by atoms with Gasteiger partial charge in [-0.1, -0.05) is 25.7 Å². The molecule has 0 bridgehead atoms. The zero-order valence-electron chi connectivity index (χ0n) is 16.6. The number of amides is 2. The summed E-state index contributed by atoms with van der Waals surface area (Å²) in [5.74, 6) is 0.0935. The molecule has 2 fully saturated rings. The van der Waals surface area contributed by atoms with Crippen molar-refractivity contribution in [2.24, 2.45) is 11.7 Å². The van der Waals surface area contributed by atoms with Crippen molar-refractivity contribution in [3.8, 4) is 0 Å². The third kappa shape index (κ3) is 4.69. The van der Waals surface area contributed by atoms with E-state index in [0.717, 1.165) is 29.8 Å². The summed E-state index contributed by atoms with van der Waals surface area (Å²) in [6.07, 6.45) is 8.60. The number of rotatable bonds is 4. The number of hydrogen-bond donors (Lipinski definition) is 3. The fourth-order valence-electron chi connectivity index (χ4n) is 4.44. The molecule has 2 heterocycles. The molecule has 2 amide bonds. The Morgan fingerprint density at radius 2 is 1.74 bits per heavy atom. The lowest BCUT2D eigenvalue weighted by Crippen LogP contribution is -2.47. The predicted molar refractivity (Wildman–Crippen MR) is 104 cm³/mol. The van der Waals surface area contributed by atoms with Crippen LogP contribution in [-0.2, 0) is 9.59 Å². The van der Waals surface area contributed by atoms with Gasteiger partial charge in [-0.25, -0.2) is 0 Å². The first-order valence-electron chi connectivity index (χ1n) is 10.3. The first-order valence-corrected chi connectivity index (χ1v) is 10.3. The number of likely N-dealkylation sites (tertiary alicyclic amines) is 1. The van der Waals surface area contributed by atoms with Crippen molar-refractivity contribution in [1.82, 2.24) is 20.4 Å². The second-order valence-electron chi connectivity index (χ2n) is 8.12. The molecule has 1 aromatic heterocycles. The van der Waals surface area contributed by atoms with Crippen molar-refractivity contribution >= 4 is 11.8 Å². The van der Waals surface area contributed by atoms with E-state index < -0.39 is 6.04 Å². The molecular formula is C20H33N5O2. The molecule has 7 nitrogen and oxygen atoms in total. The number of aromatic amines is 1. The summed E-state index contributed by atoms with van der Waals surface area (Å²) >= 11 is 0. The first-order chi connectivity index (χ1) is 13.0. The smallest absolute Gasteiger partial charge is 0.244 e. The highest BCUT2D eigenvalue weighted by Gasteiger charge is 2.32. The number of piperidine rings is 1. The number of nitrogens with zero attached hydrogens (tertiary/aromatic N) is 2. The minimum atomic E-state index is -0.694. The highest BCUT2D eigenvalue weighted by molar-refractivity contribution is 5.84. The average Bonchev–Trinajstić information content (AvgIpc) is 2.86. The third-order valence-corrected chi connectivity index (χ3v) is 6.14. The van der Waals surface area contributed by atoms with Gasteiger partial charge >= 0.3 is 0 Å². The molecule has 0 spiro atoms. The van der Waals surface area contributed by atoms with E-state index in [9.17, 15) is 9.59 Å². The Bertz CT molecular complexity index is 636. The van der Waals surface area contributed by atoms with Crippen molar-refractivity contribution in [1.29, 1.82) is 0 Å². The Hall–Kier alpha value is -1.89. The number of nitrogens with two attached hydrogens (primary N) is 1. The van der Waals surface area contributed by atoms with Crippen LogP contribution in [0.25, 0.3) is 0 Å². The second kappa shape index (κ2) is 8.87. The number of nitrogens with one attached hydrogen (secondary N) is 2. The number of aromatic nitrogens is 2. The van der Waals surface area contributed by atoms with Crippen LogP contribution in [0.3, 0.4) is 0 Å². The van der Waals surface area contributed by atoms with Gasteiger partial charge in [0.2, 0.25) is 11.8 Å². The molecule has 0 radical (unpaired) electrons. The molecule has 0 aromatic carbocycles. The quantitative estimate of drug-likeness (QED) is 0.701. The SMILES string of the molecule is Cc1n[nH]c(C)c1[C@H](N)C(=O)N1CCC(C(=O)NC2CCCCCC2)CC1. The zero-order chi connectivity index (χ0) is 19.4. The molecule has 1 saturated carbocycles. The molecule has 2 aliphatic rings. The van der Waals surface area contributed by atoms with Crippen LogP contribution in [-0.4, -0.2) is 46.0 Å². The highest BCUT2D eigenvalue weighted by atomic mass is 16.2. The molecule has 1 aromatic rings. The largest absolute Gasteiger partial charge is 0.353 e. The van der Waals surface area contributed by atoms with Gasteiger partial charge in [0.1, 0.15) is 6.04 Å². The van der Waals surface area contributed by atoms with Crippen molar-refractivity contribution < 1.29 is 9.59 Å². The van der Waals surface area contributed by atoms with E-state index in [4.69, 9.17) is 5.73 Å². The summed E-state index contributed by atoms with van der Waals surface area (Å²) < 4.78 is 0. The van der Waals surface area contributed by atoms with Crippen LogP contribution in [0.15, 0.2) is 0 Å². The molecule has 0 unspecified atom stereocenters. The second-order valence-corrected chi connectivity index (χ2v) is 8.12. The van der Waals surface area contributed by atoms with Gasteiger partial charge in [-0.2, -0.15) is 5.10 Å². The van der Waals surface area contributed by atoms with Crippen LogP contribution in [0.5, 0.6) is 0 Å². The van der Waals surface area contributed by atoms with Crippen molar-refractivity contribution in [3.63, 3.8) is 0 Å². The molecule has 27 heavy (non-hydrogen) atoms. The third-order valence-electron chi connectivity index (χ3n) is 6.14. The van der Waals surface area contributed by atoms with Crippen molar-refractivity contribution in [2.45, 2.75) is 77.3 Å². The van der Waals surface area contributed by atoms with Crippen LogP contribution in [0, 0.1) is 19.8 Å². The molecule has 4 N–H and O–H groups in total. The maximum Gasteiger partial charge on any atom is 0.244 e. The number of H-pyrrole nitrogens is 1. The molecule has 1 atom stereocenters. The fraction of sp³-hybridized carbons (Fsp3) is 0.750. The van der Waals surface area contributed by atoms with E-state index in [2.05, 4.69) is 15.5 Å². The normalized spacial score (nSPS) is 20.9. The minimum Gasteiger partial charge on any atom is -0.353 e. The Kier molecular flexibility index (Phi) is 6.52. The predicted octanol–water partition coefficient (Wildman–Crippen LogP) is 2.10. The topological polar surface area (TPSA) is 104 Å². The monoisotopic (exact) mass is 375 g/mol. The van der Waals surface area contributed by atoms with Gasteiger partial charge in [0.05, 0.1) is 5.69 Å². The van der Waals surface area contributed by atoms with E-state index in [1.54, 1.807) is 4.90 Å². The number of aryl methyl sites for hydroxylation is 2. The van der Waals surface area contributed by atoms with E-state index >= 15 is 0 Å². The van der Waals surface area contributed by atoms with Gasteiger partial charge in [0, 0.05) is 36.3 Å². The van der Waals surface area contributed by atoms with Crippen LogP contribution < -0.4 is 11.1 Å². The van der Waals surface area contributed by atoms with Gasteiger partial charge in [-0.3, -0.25) is 14.7 Å². The Morgan fingerprint density at radius 1 is 1.11 bits per heavy atom. The standard InChI is InChI=1S/C20H33N5O2/c1-13-17(14(2)24-23-13)18(21)20(27)25-11-9-15(10-12-25)19(26)22-16-7-5-3-4-6-8-16/h15-16,18H,3-12,21H2,1-2H3,(H,22,26)(H,23,24)/t18-/m0/s1. The molecule has 150 valence electrons. The molecule has 1 saturated heterocycles. The lowest BCUT2D eigenvalue weighted by molar-refractivity contribution is -0.137. The lowest BCUT2D eigenvalue weighted by atomic mass is 9.94. The van der Waals surface area contributed by atoms with Gasteiger partial charge in [-0.15, -0.1) is 0 Å². The highest BCUT2D eigenvalue weighted by Crippen LogP contribution is 2.24. The van der Waals surface area contributed by atoms with Crippen LogP contribution >= 0.6 is 0 Å². The van der Waals surface area contributed by atoms with Gasteiger partial charge in [0.25, 0.3) is 0 Å².